The molecule has 3 rings (SSSR count). The zero-order chi connectivity index (χ0) is 13.2. The van der Waals surface area contributed by atoms with Crippen molar-refractivity contribution in [1.29, 1.82) is 0 Å². The Balaban J connectivity index is 1.69. The van der Waals surface area contributed by atoms with Crippen LogP contribution in [-0.4, -0.2) is 27.5 Å². The number of piperidine rings is 1. The largest absolute Gasteiger partial charge is 0.337 e. The van der Waals surface area contributed by atoms with Gasteiger partial charge in [0.1, 0.15) is 5.82 Å². The van der Waals surface area contributed by atoms with Gasteiger partial charge in [-0.15, -0.1) is 11.3 Å². The molecule has 19 heavy (non-hydrogen) atoms. The molecule has 4 heteroatoms. The third kappa shape index (κ3) is 2.90. The zero-order valence-corrected chi connectivity index (χ0v) is 12.5. The first-order valence-electron chi connectivity index (χ1n) is 6.97. The third-order valence-corrected chi connectivity index (χ3v) is 4.72. The molecule has 102 valence electrons. The molecule has 3 heterocycles. The summed E-state index contributed by atoms with van der Waals surface area (Å²) < 4.78 is 2.20. The average Bonchev–Trinajstić information content (AvgIpc) is 2.99. The van der Waals surface area contributed by atoms with Gasteiger partial charge in [-0.3, -0.25) is 4.90 Å². The van der Waals surface area contributed by atoms with Crippen LogP contribution in [0.15, 0.2) is 23.7 Å². The Labute approximate surface area is 118 Å². The molecule has 1 aliphatic heterocycles. The zero-order valence-electron chi connectivity index (χ0n) is 11.7. The van der Waals surface area contributed by atoms with Gasteiger partial charge in [-0.25, -0.2) is 4.98 Å². The summed E-state index contributed by atoms with van der Waals surface area (Å²) in [5, 5.41) is 2.17. The molecular formula is C15H21N3S. The lowest BCUT2D eigenvalue weighted by molar-refractivity contribution is 0.197. The summed E-state index contributed by atoms with van der Waals surface area (Å²) in [6, 6.07) is 4.38. The second-order valence-corrected chi connectivity index (χ2v) is 6.54. The Kier molecular flexibility index (Phi) is 3.71. The first kappa shape index (κ1) is 12.9. The first-order valence-corrected chi connectivity index (χ1v) is 7.85. The second kappa shape index (κ2) is 5.47. The highest BCUT2D eigenvalue weighted by atomic mass is 32.1. The maximum Gasteiger partial charge on any atom is 0.113 e. The highest BCUT2D eigenvalue weighted by Gasteiger charge is 2.24. The van der Waals surface area contributed by atoms with Crippen LogP contribution in [0.25, 0.3) is 0 Å². The van der Waals surface area contributed by atoms with Gasteiger partial charge in [0.05, 0.1) is 5.69 Å². The van der Waals surface area contributed by atoms with Gasteiger partial charge in [-0.05, 0) is 37.8 Å². The fraction of sp³-hybridized carbons (Fsp3) is 0.533. The highest BCUT2D eigenvalue weighted by Crippen LogP contribution is 2.27. The molecule has 2 aromatic rings. The van der Waals surface area contributed by atoms with Crippen LogP contribution >= 0.6 is 11.3 Å². The second-order valence-electron chi connectivity index (χ2n) is 5.51. The molecule has 0 bridgehead atoms. The molecule has 0 amide bonds. The van der Waals surface area contributed by atoms with Gasteiger partial charge in [0, 0.05) is 37.1 Å². The van der Waals surface area contributed by atoms with Crippen molar-refractivity contribution in [2.75, 3.05) is 13.1 Å². The Hall–Kier alpha value is -1.13. The number of likely N-dealkylation sites (tertiary alicyclic amines) is 1. The molecule has 1 fully saturated rings. The molecule has 1 atom stereocenters. The molecular weight excluding hydrogens is 254 g/mol. The number of thiophene rings is 1. The van der Waals surface area contributed by atoms with Crippen molar-refractivity contribution >= 4 is 11.3 Å². The van der Waals surface area contributed by atoms with Gasteiger partial charge in [0.2, 0.25) is 0 Å². The number of nitrogens with zero attached hydrogens (tertiary/aromatic N) is 3. The minimum atomic E-state index is 0.590. The predicted octanol–water partition coefficient (Wildman–Crippen LogP) is 3.17. The minimum Gasteiger partial charge on any atom is -0.337 e. The van der Waals surface area contributed by atoms with Gasteiger partial charge in [0.15, 0.2) is 0 Å². The maximum absolute atomic E-state index is 4.70. The van der Waals surface area contributed by atoms with Crippen LogP contribution in [0.4, 0.5) is 0 Å². The van der Waals surface area contributed by atoms with Crippen molar-refractivity contribution in [2.45, 2.75) is 32.2 Å². The highest BCUT2D eigenvalue weighted by molar-refractivity contribution is 7.09. The SMILES string of the molecule is Cc1cn(C)c(C2CCCN(Cc3cccs3)C2)n1. The molecule has 0 radical (unpaired) electrons. The van der Waals surface area contributed by atoms with Crippen LogP contribution < -0.4 is 0 Å². The molecule has 1 saturated heterocycles. The molecule has 0 saturated carbocycles. The number of rotatable bonds is 3. The fourth-order valence-electron chi connectivity index (χ4n) is 3.05. The Bertz CT molecular complexity index is 530. The molecule has 2 aromatic heterocycles. The normalized spacial score (nSPS) is 20.8. The molecule has 1 aliphatic rings. The lowest BCUT2D eigenvalue weighted by Crippen LogP contribution is -2.34. The fourth-order valence-corrected chi connectivity index (χ4v) is 3.79. The van der Waals surface area contributed by atoms with E-state index in [4.69, 9.17) is 4.98 Å². The summed E-state index contributed by atoms with van der Waals surface area (Å²) in [6.45, 7) is 5.54. The number of imidazole rings is 1. The van der Waals surface area contributed by atoms with Gasteiger partial charge < -0.3 is 4.57 Å². The first-order chi connectivity index (χ1) is 9.22. The Morgan fingerprint density at radius 1 is 1.47 bits per heavy atom. The van der Waals surface area contributed by atoms with E-state index in [2.05, 4.69) is 47.1 Å². The van der Waals surface area contributed by atoms with Crippen LogP contribution in [0.1, 0.15) is 35.2 Å². The Morgan fingerprint density at radius 2 is 2.37 bits per heavy atom. The average molecular weight is 275 g/mol. The van der Waals surface area contributed by atoms with E-state index in [-0.39, 0.29) is 0 Å². The minimum absolute atomic E-state index is 0.590. The van der Waals surface area contributed by atoms with Crippen molar-refractivity contribution in [3.8, 4) is 0 Å². The van der Waals surface area contributed by atoms with E-state index in [1.54, 1.807) is 0 Å². The molecule has 0 N–H and O–H groups in total. The van der Waals surface area contributed by atoms with Crippen LogP contribution in [0.5, 0.6) is 0 Å². The van der Waals surface area contributed by atoms with Crippen molar-refractivity contribution < 1.29 is 0 Å². The smallest absolute Gasteiger partial charge is 0.113 e. The van der Waals surface area contributed by atoms with E-state index in [0.29, 0.717) is 5.92 Å². The van der Waals surface area contributed by atoms with Crippen LogP contribution in [0, 0.1) is 6.92 Å². The van der Waals surface area contributed by atoms with Crippen molar-refractivity contribution in [3.63, 3.8) is 0 Å². The standard InChI is InChI=1S/C15H21N3S/c1-12-9-17(2)15(16-12)13-5-3-7-18(10-13)11-14-6-4-8-19-14/h4,6,8-9,13H,3,5,7,10-11H2,1-2H3. The van der Waals surface area contributed by atoms with Gasteiger partial charge in [-0.2, -0.15) is 0 Å². The predicted molar refractivity (Wildman–Crippen MR) is 79.5 cm³/mol. The lowest BCUT2D eigenvalue weighted by Gasteiger charge is -2.32. The molecule has 1 unspecified atom stereocenters. The number of hydrogen-bond donors (Lipinski definition) is 0. The monoisotopic (exact) mass is 275 g/mol. The summed E-state index contributed by atoms with van der Waals surface area (Å²) in [7, 11) is 2.12. The molecule has 0 aromatic carbocycles. The summed E-state index contributed by atoms with van der Waals surface area (Å²) in [5.41, 5.74) is 1.13. The van der Waals surface area contributed by atoms with E-state index in [9.17, 15) is 0 Å². The van der Waals surface area contributed by atoms with Crippen LogP contribution in [0.3, 0.4) is 0 Å². The quantitative estimate of drug-likeness (QED) is 0.858. The van der Waals surface area contributed by atoms with E-state index >= 15 is 0 Å². The van der Waals surface area contributed by atoms with Crippen molar-refractivity contribution in [2.24, 2.45) is 7.05 Å². The Morgan fingerprint density at radius 3 is 3.05 bits per heavy atom. The maximum atomic E-state index is 4.70. The van der Waals surface area contributed by atoms with Gasteiger partial charge >= 0.3 is 0 Å². The van der Waals surface area contributed by atoms with E-state index in [1.807, 2.05) is 11.3 Å². The topological polar surface area (TPSA) is 21.1 Å². The lowest BCUT2D eigenvalue weighted by atomic mass is 9.97. The molecule has 0 spiro atoms. The van der Waals surface area contributed by atoms with Gasteiger partial charge in [-0.1, -0.05) is 6.07 Å². The number of aryl methyl sites for hydroxylation is 2. The van der Waals surface area contributed by atoms with E-state index in [1.165, 1.54) is 30.1 Å². The summed E-state index contributed by atoms with van der Waals surface area (Å²) in [6.07, 6.45) is 4.68. The van der Waals surface area contributed by atoms with Crippen LogP contribution in [0.2, 0.25) is 0 Å². The van der Waals surface area contributed by atoms with E-state index in [0.717, 1.165) is 18.8 Å². The molecule has 0 aliphatic carbocycles. The van der Waals surface area contributed by atoms with Gasteiger partial charge in [0.25, 0.3) is 0 Å². The summed E-state index contributed by atoms with van der Waals surface area (Å²) >= 11 is 1.86. The summed E-state index contributed by atoms with van der Waals surface area (Å²) in [5.74, 6) is 1.85. The van der Waals surface area contributed by atoms with Crippen LogP contribution in [-0.2, 0) is 13.6 Å². The van der Waals surface area contributed by atoms with Crippen molar-refractivity contribution in [3.05, 3.63) is 40.1 Å². The summed E-state index contributed by atoms with van der Waals surface area (Å²) in [4.78, 5) is 8.75. The number of hydrogen-bond acceptors (Lipinski definition) is 3. The number of aromatic nitrogens is 2. The third-order valence-electron chi connectivity index (χ3n) is 3.86. The van der Waals surface area contributed by atoms with Crippen molar-refractivity contribution in [1.82, 2.24) is 14.5 Å². The van der Waals surface area contributed by atoms with E-state index < -0.39 is 0 Å². The molecule has 3 nitrogen and oxygen atoms in total.